The van der Waals surface area contributed by atoms with Crippen molar-refractivity contribution in [2.75, 3.05) is 5.73 Å². The van der Waals surface area contributed by atoms with Crippen LogP contribution in [0.2, 0.25) is 0 Å². The molecule has 2 N–H and O–H groups in total. The number of anilines is 1. The summed E-state index contributed by atoms with van der Waals surface area (Å²) in [5, 5.41) is 0.736. The number of benzene rings is 1. The minimum Gasteiger partial charge on any atom is -0.397 e. The van der Waals surface area contributed by atoms with Crippen LogP contribution in [0.25, 0.3) is 21.5 Å². The van der Waals surface area contributed by atoms with E-state index in [9.17, 15) is 13.6 Å². The number of pyridine rings is 1. The molecule has 4 fully saturated rings. The molecule has 4 aliphatic carbocycles. The van der Waals surface area contributed by atoms with Gasteiger partial charge in [0, 0.05) is 22.4 Å². The van der Waals surface area contributed by atoms with E-state index in [1.165, 1.54) is 42.7 Å². The van der Waals surface area contributed by atoms with Gasteiger partial charge in [-0.15, -0.1) is 11.3 Å². The van der Waals surface area contributed by atoms with Crippen LogP contribution in [0.3, 0.4) is 0 Å². The van der Waals surface area contributed by atoms with Crippen molar-refractivity contribution in [1.29, 1.82) is 0 Å². The SMILES string of the molecule is Nc1c(C(=O)C23CC4CC(CC(C4)C2)C3)sc2nc(-c3ccc(F)cc3F)ccc12. The topological polar surface area (TPSA) is 56.0 Å². The van der Waals surface area contributed by atoms with Crippen molar-refractivity contribution < 1.29 is 13.6 Å². The average molecular weight is 425 g/mol. The first-order valence-electron chi connectivity index (χ1n) is 10.6. The van der Waals surface area contributed by atoms with Gasteiger partial charge in [0.15, 0.2) is 5.78 Å². The van der Waals surface area contributed by atoms with E-state index in [4.69, 9.17) is 5.73 Å². The molecule has 2 heterocycles. The third-order valence-electron chi connectivity index (χ3n) is 7.53. The lowest BCUT2D eigenvalue weighted by atomic mass is 9.48. The number of nitrogens with zero attached hydrogens (tertiary/aromatic N) is 1. The number of nitrogens with two attached hydrogens (primary N) is 1. The molecule has 3 nitrogen and oxygen atoms in total. The summed E-state index contributed by atoms with van der Waals surface area (Å²) in [6.45, 7) is 0. The van der Waals surface area contributed by atoms with Gasteiger partial charge in [-0.2, -0.15) is 0 Å². The lowest BCUT2D eigenvalue weighted by molar-refractivity contribution is -0.0350. The Hall–Kier alpha value is -2.34. The predicted molar refractivity (Wildman–Crippen MR) is 114 cm³/mol. The van der Waals surface area contributed by atoms with Crippen LogP contribution in [-0.4, -0.2) is 10.8 Å². The van der Waals surface area contributed by atoms with Gasteiger partial charge >= 0.3 is 0 Å². The van der Waals surface area contributed by atoms with Gasteiger partial charge in [0.1, 0.15) is 16.5 Å². The quantitative estimate of drug-likeness (QED) is 0.508. The molecule has 7 rings (SSSR count). The molecular weight excluding hydrogens is 402 g/mol. The summed E-state index contributed by atoms with van der Waals surface area (Å²) in [6, 6.07) is 6.93. The second kappa shape index (κ2) is 6.33. The summed E-state index contributed by atoms with van der Waals surface area (Å²) in [4.78, 5) is 19.5. The van der Waals surface area contributed by atoms with Crippen molar-refractivity contribution in [3.8, 4) is 11.3 Å². The standard InChI is InChI=1S/C24H22F2N2OS/c25-15-1-2-16(18(26)8-15)19-4-3-17-20(27)21(30-23(17)28-19)22(29)24-9-12-5-13(10-24)7-14(6-12)11-24/h1-4,8,12-14H,5-7,9-11,27H2. The average Bonchev–Trinajstić information content (AvgIpc) is 3.02. The zero-order valence-corrected chi connectivity index (χ0v) is 17.3. The van der Waals surface area contributed by atoms with E-state index >= 15 is 0 Å². The zero-order valence-electron chi connectivity index (χ0n) is 16.5. The number of hydrogen-bond acceptors (Lipinski definition) is 4. The number of fused-ring (bicyclic) bond motifs is 1. The Morgan fingerprint density at radius 1 is 1.03 bits per heavy atom. The monoisotopic (exact) mass is 424 g/mol. The maximum atomic E-state index is 14.2. The van der Waals surface area contributed by atoms with Crippen LogP contribution in [-0.2, 0) is 0 Å². The Kier molecular flexibility index (Phi) is 3.89. The molecule has 0 aliphatic heterocycles. The van der Waals surface area contributed by atoms with Crippen molar-refractivity contribution in [2.45, 2.75) is 38.5 Å². The normalized spacial score (nSPS) is 29.6. The molecule has 6 heteroatoms. The van der Waals surface area contributed by atoms with Gasteiger partial charge in [-0.3, -0.25) is 4.79 Å². The molecule has 0 amide bonds. The van der Waals surface area contributed by atoms with Gasteiger partial charge < -0.3 is 5.73 Å². The fraction of sp³-hybridized carbons (Fsp3) is 0.417. The Balaban J connectivity index is 1.41. The highest BCUT2D eigenvalue weighted by Gasteiger charge is 2.55. The summed E-state index contributed by atoms with van der Waals surface area (Å²) in [5.74, 6) is 0.958. The van der Waals surface area contributed by atoms with E-state index in [2.05, 4.69) is 4.98 Å². The number of thiophene rings is 1. The number of Topliss-reactive ketones (excluding diaryl/α,β-unsaturated/α-hetero) is 1. The Labute approximate surface area is 177 Å². The molecule has 0 unspecified atom stereocenters. The van der Waals surface area contributed by atoms with Crippen molar-refractivity contribution in [1.82, 2.24) is 4.98 Å². The fourth-order valence-corrected chi connectivity index (χ4v) is 7.80. The second-order valence-corrected chi connectivity index (χ2v) is 10.5. The Bertz CT molecular complexity index is 1170. The van der Waals surface area contributed by atoms with Gasteiger partial charge in [0.05, 0.1) is 16.3 Å². The molecule has 3 aromatic rings. The smallest absolute Gasteiger partial charge is 0.181 e. The number of hydrogen-bond donors (Lipinski definition) is 1. The molecule has 2 aromatic heterocycles. The van der Waals surface area contributed by atoms with Crippen LogP contribution in [0.5, 0.6) is 0 Å². The highest BCUT2D eigenvalue weighted by atomic mass is 32.1. The largest absolute Gasteiger partial charge is 0.397 e. The maximum absolute atomic E-state index is 14.2. The van der Waals surface area contributed by atoms with E-state index < -0.39 is 11.6 Å². The highest BCUT2D eigenvalue weighted by molar-refractivity contribution is 7.21. The Morgan fingerprint density at radius 2 is 1.70 bits per heavy atom. The molecule has 0 spiro atoms. The van der Waals surface area contributed by atoms with E-state index in [1.54, 1.807) is 12.1 Å². The number of carbonyl (C=O) groups excluding carboxylic acids is 1. The molecule has 4 bridgehead atoms. The van der Waals surface area contributed by atoms with Crippen molar-refractivity contribution in [2.24, 2.45) is 23.2 Å². The lowest BCUT2D eigenvalue weighted by Crippen LogP contribution is -2.49. The summed E-state index contributed by atoms with van der Waals surface area (Å²) in [6.07, 6.45) is 6.81. The minimum atomic E-state index is -0.656. The second-order valence-electron chi connectivity index (χ2n) is 9.55. The maximum Gasteiger partial charge on any atom is 0.181 e. The van der Waals surface area contributed by atoms with Crippen LogP contribution in [0, 0.1) is 34.8 Å². The molecule has 4 aliphatic rings. The van der Waals surface area contributed by atoms with E-state index in [0.717, 1.165) is 30.7 Å². The van der Waals surface area contributed by atoms with Gasteiger partial charge in [0.2, 0.25) is 0 Å². The zero-order chi connectivity index (χ0) is 20.6. The van der Waals surface area contributed by atoms with Crippen molar-refractivity contribution in [3.05, 3.63) is 46.8 Å². The molecule has 4 saturated carbocycles. The van der Waals surface area contributed by atoms with Crippen LogP contribution in [0.1, 0.15) is 48.2 Å². The first-order chi connectivity index (χ1) is 14.4. The predicted octanol–water partition coefficient (Wildman–Crippen LogP) is 6.22. The van der Waals surface area contributed by atoms with E-state index in [1.807, 2.05) is 0 Å². The van der Waals surface area contributed by atoms with Gasteiger partial charge in [-0.25, -0.2) is 13.8 Å². The molecule has 30 heavy (non-hydrogen) atoms. The first-order valence-corrected chi connectivity index (χ1v) is 11.4. The van der Waals surface area contributed by atoms with Crippen molar-refractivity contribution in [3.63, 3.8) is 0 Å². The molecule has 0 radical (unpaired) electrons. The molecule has 0 atom stereocenters. The fourth-order valence-electron chi connectivity index (χ4n) is 6.64. The first kappa shape index (κ1) is 18.4. The van der Waals surface area contributed by atoms with Gasteiger partial charge in [-0.1, -0.05) is 0 Å². The van der Waals surface area contributed by atoms with Crippen LogP contribution < -0.4 is 5.73 Å². The minimum absolute atomic E-state index is 0.191. The lowest BCUT2D eigenvalue weighted by Gasteiger charge is -2.55. The number of rotatable bonds is 3. The third-order valence-corrected chi connectivity index (χ3v) is 8.64. The number of ketones is 1. The third kappa shape index (κ3) is 2.66. The molecule has 1 aromatic carbocycles. The van der Waals surface area contributed by atoms with Crippen LogP contribution >= 0.6 is 11.3 Å². The van der Waals surface area contributed by atoms with Crippen molar-refractivity contribution >= 4 is 33.0 Å². The van der Waals surface area contributed by atoms with Gasteiger partial charge in [-0.05, 0) is 80.5 Å². The molecular formula is C24H22F2N2OS. The van der Waals surface area contributed by atoms with Crippen LogP contribution in [0.4, 0.5) is 14.5 Å². The number of aromatic nitrogens is 1. The Morgan fingerprint density at radius 3 is 2.33 bits per heavy atom. The molecule has 154 valence electrons. The number of halogens is 2. The summed E-state index contributed by atoms with van der Waals surface area (Å²) < 4.78 is 27.5. The number of nitrogen functional groups attached to an aromatic ring is 1. The summed E-state index contributed by atoms with van der Waals surface area (Å²) in [7, 11) is 0. The summed E-state index contributed by atoms with van der Waals surface area (Å²) >= 11 is 1.32. The van der Waals surface area contributed by atoms with Gasteiger partial charge in [0.25, 0.3) is 0 Å². The number of carbonyl (C=O) groups is 1. The van der Waals surface area contributed by atoms with E-state index in [0.29, 0.717) is 38.8 Å². The van der Waals surface area contributed by atoms with Crippen LogP contribution in [0.15, 0.2) is 30.3 Å². The van der Waals surface area contributed by atoms with E-state index in [-0.39, 0.29) is 16.8 Å². The molecule has 0 saturated heterocycles. The summed E-state index contributed by atoms with van der Waals surface area (Å²) in [5.41, 5.74) is 7.31. The highest BCUT2D eigenvalue weighted by Crippen LogP contribution is 2.61.